The Hall–Kier alpha value is -2.40. The number of nitrogens with zero attached hydrogens (tertiary/aromatic N) is 3. The lowest BCUT2D eigenvalue weighted by Crippen LogP contribution is -2.44. The largest absolute Gasteiger partial charge is 0.369 e. The Bertz CT molecular complexity index is 681. The molecule has 1 aromatic carbocycles. The number of hydrogen-bond acceptors (Lipinski definition) is 4. The predicted octanol–water partition coefficient (Wildman–Crippen LogP) is 2.20. The summed E-state index contributed by atoms with van der Waals surface area (Å²) in [7, 11) is 2.14. The molecule has 0 atom stereocenters. The van der Waals surface area contributed by atoms with Crippen LogP contribution in [0.1, 0.15) is 22.5 Å². The summed E-state index contributed by atoms with van der Waals surface area (Å²) in [5.74, 6) is -0.0935. The minimum Gasteiger partial charge on any atom is -0.369 e. The number of carbonyl (C=O) groups is 1. The number of nitrogens with one attached hydrogen (secondary N) is 1. The first-order valence-corrected chi connectivity index (χ1v) is 8.94. The summed E-state index contributed by atoms with van der Waals surface area (Å²) in [6.07, 6.45) is 3.62. The third kappa shape index (κ3) is 5.03. The number of likely N-dealkylation sites (N-methyl/N-ethyl adjacent to an activating group) is 1. The molecule has 0 spiro atoms. The minimum atomic E-state index is -0.0935. The van der Waals surface area contributed by atoms with Gasteiger partial charge in [-0.2, -0.15) is 0 Å². The molecule has 1 amide bonds. The smallest absolute Gasteiger partial charge is 0.269 e. The number of amides is 1. The second-order valence-electron chi connectivity index (χ2n) is 6.53. The van der Waals surface area contributed by atoms with Gasteiger partial charge in [0.15, 0.2) is 0 Å². The van der Waals surface area contributed by atoms with Crippen LogP contribution in [0.25, 0.3) is 0 Å². The summed E-state index contributed by atoms with van der Waals surface area (Å²) < 4.78 is 0. The van der Waals surface area contributed by atoms with Gasteiger partial charge in [-0.3, -0.25) is 9.78 Å². The van der Waals surface area contributed by atoms with Gasteiger partial charge in [0.05, 0.1) is 0 Å². The maximum atomic E-state index is 12.3. The maximum absolute atomic E-state index is 12.3. The monoisotopic (exact) mass is 338 g/mol. The summed E-state index contributed by atoms with van der Waals surface area (Å²) in [6, 6.07) is 14.2. The number of rotatable bonds is 6. The maximum Gasteiger partial charge on any atom is 0.269 e. The van der Waals surface area contributed by atoms with Crippen molar-refractivity contribution in [3.05, 3.63) is 59.9 Å². The van der Waals surface area contributed by atoms with E-state index >= 15 is 0 Å². The highest BCUT2D eigenvalue weighted by Crippen LogP contribution is 2.16. The van der Waals surface area contributed by atoms with E-state index in [-0.39, 0.29) is 5.91 Å². The molecule has 5 nitrogen and oxygen atoms in total. The number of pyridine rings is 1. The van der Waals surface area contributed by atoms with Crippen molar-refractivity contribution < 1.29 is 4.79 Å². The van der Waals surface area contributed by atoms with Crippen LogP contribution < -0.4 is 10.2 Å². The highest BCUT2D eigenvalue weighted by atomic mass is 16.1. The zero-order valence-electron chi connectivity index (χ0n) is 14.8. The Morgan fingerprint density at radius 3 is 2.64 bits per heavy atom. The first-order chi connectivity index (χ1) is 12.2. The second-order valence-corrected chi connectivity index (χ2v) is 6.53. The average molecular weight is 338 g/mol. The molecular weight excluding hydrogens is 312 g/mol. The number of carbonyl (C=O) groups excluding carboxylic acids is 1. The Morgan fingerprint density at radius 2 is 1.88 bits per heavy atom. The highest BCUT2D eigenvalue weighted by Gasteiger charge is 2.16. The van der Waals surface area contributed by atoms with Crippen molar-refractivity contribution in [1.82, 2.24) is 15.2 Å². The van der Waals surface area contributed by atoms with Gasteiger partial charge in [0.1, 0.15) is 5.69 Å². The molecular formula is C20H26N4O. The molecule has 1 fully saturated rings. The lowest BCUT2D eigenvalue weighted by Gasteiger charge is -2.34. The molecule has 1 aromatic heterocycles. The van der Waals surface area contributed by atoms with Crippen molar-refractivity contribution in [3.8, 4) is 0 Å². The standard InChI is InChI=1S/C20H26N4O/c1-23-12-14-24(15-13-23)18-9-11-21-19(16-18)20(25)22-10-5-8-17-6-3-2-4-7-17/h2-4,6-7,9,11,16H,5,8,10,12-15H2,1H3,(H,22,25). The van der Waals surface area contributed by atoms with E-state index < -0.39 is 0 Å². The van der Waals surface area contributed by atoms with Crippen LogP contribution in [-0.4, -0.2) is 55.6 Å². The minimum absolute atomic E-state index is 0.0935. The number of aromatic nitrogens is 1. The van der Waals surface area contributed by atoms with Gasteiger partial charge in [-0.15, -0.1) is 0 Å². The molecule has 0 aliphatic carbocycles. The zero-order chi connectivity index (χ0) is 17.5. The van der Waals surface area contributed by atoms with E-state index in [9.17, 15) is 4.79 Å². The van der Waals surface area contributed by atoms with Gasteiger partial charge in [0, 0.05) is 44.6 Å². The SMILES string of the molecule is CN1CCN(c2ccnc(C(=O)NCCCc3ccccc3)c2)CC1. The fourth-order valence-corrected chi connectivity index (χ4v) is 3.03. The van der Waals surface area contributed by atoms with Crippen LogP contribution in [0.2, 0.25) is 0 Å². The summed E-state index contributed by atoms with van der Waals surface area (Å²) in [6.45, 7) is 4.72. The van der Waals surface area contributed by atoms with Crippen LogP contribution in [0.4, 0.5) is 5.69 Å². The third-order valence-electron chi connectivity index (χ3n) is 4.62. The van der Waals surface area contributed by atoms with Crippen LogP contribution in [0.15, 0.2) is 48.7 Å². The fourth-order valence-electron chi connectivity index (χ4n) is 3.03. The van der Waals surface area contributed by atoms with Crippen LogP contribution in [-0.2, 0) is 6.42 Å². The van der Waals surface area contributed by atoms with Crippen LogP contribution in [0.5, 0.6) is 0 Å². The Kier molecular flexibility index (Phi) is 6.01. The van der Waals surface area contributed by atoms with Gasteiger partial charge >= 0.3 is 0 Å². The molecule has 3 rings (SSSR count). The molecule has 0 radical (unpaired) electrons. The molecule has 132 valence electrons. The van der Waals surface area contributed by atoms with E-state index in [1.165, 1.54) is 5.56 Å². The average Bonchev–Trinajstić information content (AvgIpc) is 2.66. The molecule has 2 aromatic rings. The van der Waals surface area contributed by atoms with Crippen LogP contribution >= 0.6 is 0 Å². The van der Waals surface area contributed by atoms with E-state index in [1.54, 1.807) is 6.20 Å². The summed E-state index contributed by atoms with van der Waals surface area (Å²) in [5.41, 5.74) is 2.88. The number of benzene rings is 1. The summed E-state index contributed by atoms with van der Waals surface area (Å²) in [5, 5.41) is 2.98. The number of hydrogen-bond donors (Lipinski definition) is 1. The lowest BCUT2D eigenvalue weighted by atomic mass is 10.1. The second kappa shape index (κ2) is 8.62. The quantitative estimate of drug-likeness (QED) is 0.821. The van der Waals surface area contributed by atoms with Crippen molar-refractivity contribution in [2.75, 3.05) is 44.7 Å². The van der Waals surface area contributed by atoms with Crippen molar-refractivity contribution in [1.29, 1.82) is 0 Å². The molecule has 5 heteroatoms. The number of piperazine rings is 1. The van der Waals surface area contributed by atoms with Gasteiger partial charge in [-0.1, -0.05) is 30.3 Å². The number of aryl methyl sites for hydroxylation is 1. The van der Waals surface area contributed by atoms with E-state index in [2.05, 4.69) is 39.3 Å². The summed E-state index contributed by atoms with van der Waals surface area (Å²) in [4.78, 5) is 21.2. The topological polar surface area (TPSA) is 48.5 Å². The zero-order valence-corrected chi connectivity index (χ0v) is 14.8. The molecule has 1 aliphatic rings. The van der Waals surface area contributed by atoms with Crippen molar-refractivity contribution in [2.24, 2.45) is 0 Å². The third-order valence-corrected chi connectivity index (χ3v) is 4.62. The van der Waals surface area contributed by atoms with Gasteiger partial charge < -0.3 is 15.1 Å². The molecule has 0 bridgehead atoms. The molecule has 2 heterocycles. The molecule has 1 aliphatic heterocycles. The van der Waals surface area contributed by atoms with Crippen molar-refractivity contribution in [2.45, 2.75) is 12.8 Å². The molecule has 25 heavy (non-hydrogen) atoms. The Balaban J connectivity index is 1.49. The molecule has 1 N–H and O–H groups in total. The fraction of sp³-hybridized carbons (Fsp3) is 0.400. The summed E-state index contributed by atoms with van der Waals surface area (Å²) >= 11 is 0. The van der Waals surface area contributed by atoms with Gasteiger partial charge in [0.2, 0.25) is 0 Å². The van der Waals surface area contributed by atoms with Crippen molar-refractivity contribution >= 4 is 11.6 Å². The van der Waals surface area contributed by atoms with Crippen LogP contribution in [0, 0.1) is 0 Å². The van der Waals surface area contributed by atoms with Crippen molar-refractivity contribution in [3.63, 3.8) is 0 Å². The van der Waals surface area contributed by atoms with Gasteiger partial charge in [-0.25, -0.2) is 0 Å². The van der Waals surface area contributed by atoms with E-state index in [4.69, 9.17) is 0 Å². The highest BCUT2D eigenvalue weighted by molar-refractivity contribution is 5.93. The molecule has 1 saturated heterocycles. The Morgan fingerprint density at radius 1 is 1.12 bits per heavy atom. The lowest BCUT2D eigenvalue weighted by molar-refractivity contribution is 0.0948. The molecule has 0 saturated carbocycles. The van der Waals surface area contributed by atoms with E-state index in [0.29, 0.717) is 12.2 Å². The van der Waals surface area contributed by atoms with Gasteiger partial charge in [0.25, 0.3) is 5.91 Å². The van der Waals surface area contributed by atoms with Crippen LogP contribution in [0.3, 0.4) is 0 Å². The number of anilines is 1. The van der Waals surface area contributed by atoms with E-state index in [1.807, 2.05) is 30.3 Å². The normalized spacial score (nSPS) is 15.2. The predicted molar refractivity (Wildman–Crippen MR) is 101 cm³/mol. The Labute approximate surface area is 149 Å². The first kappa shape index (κ1) is 17.4. The van der Waals surface area contributed by atoms with Gasteiger partial charge in [-0.05, 0) is 37.6 Å². The van der Waals surface area contributed by atoms with E-state index in [0.717, 1.165) is 44.7 Å². The molecule has 0 unspecified atom stereocenters. The first-order valence-electron chi connectivity index (χ1n) is 8.94.